The Morgan fingerprint density at radius 1 is 1.28 bits per heavy atom. The van der Waals surface area contributed by atoms with Crippen LogP contribution >= 0.6 is 10.0 Å². The zero-order valence-corrected chi connectivity index (χ0v) is 12.5. The van der Waals surface area contributed by atoms with Gasteiger partial charge in [-0.1, -0.05) is 11.6 Å². The summed E-state index contributed by atoms with van der Waals surface area (Å²) in [4.78, 5) is 0. The van der Waals surface area contributed by atoms with E-state index in [4.69, 9.17) is 4.74 Å². The fraction of sp³-hybridized carbons (Fsp3) is 0.500. The lowest BCUT2D eigenvalue weighted by Gasteiger charge is -2.24. The molecule has 2 aromatic rings. The van der Waals surface area contributed by atoms with Gasteiger partial charge in [-0.2, -0.15) is 5.10 Å². The summed E-state index contributed by atoms with van der Waals surface area (Å²) in [5, 5.41) is 5.55. The van der Waals surface area contributed by atoms with Gasteiger partial charge < -0.3 is 4.74 Å². The van der Waals surface area contributed by atoms with Crippen LogP contribution in [0.25, 0.3) is 10.9 Å². The van der Waals surface area contributed by atoms with Crippen molar-refractivity contribution in [2.45, 2.75) is 13.7 Å². The average Bonchev–Trinajstić information content (AvgIpc) is 2.65. The van der Waals surface area contributed by atoms with Crippen LogP contribution in [-0.2, 0) is 11.5 Å². The Balaban J connectivity index is 1.96. The van der Waals surface area contributed by atoms with Crippen molar-refractivity contribution in [3.05, 3.63) is 30.0 Å². The summed E-state index contributed by atoms with van der Waals surface area (Å²) in [7, 11) is -0.468. The summed E-state index contributed by atoms with van der Waals surface area (Å²) in [6, 6.07) is 6.37. The number of hydrogen-bond acceptors (Lipinski definition) is 2. The summed E-state index contributed by atoms with van der Waals surface area (Å²) in [6.07, 6.45) is 8.83. The largest absolute Gasteiger partial charge is 0.358 e. The minimum absolute atomic E-state index is 0.468. The number of aryl methyl sites for hydroxylation is 1. The van der Waals surface area contributed by atoms with E-state index in [0.717, 1.165) is 17.9 Å². The minimum Gasteiger partial charge on any atom is -0.358 e. The molecule has 3 nitrogen and oxygen atoms in total. The van der Waals surface area contributed by atoms with Crippen molar-refractivity contribution in [2.24, 2.45) is 0 Å². The van der Waals surface area contributed by atoms with Gasteiger partial charge in [-0.05, 0) is 37.8 Å². The Kier molecular flexibility index (Phi) is 3.97. The van der Waals surface area contributed by atoms with Gasteiger partial charge in [0, 0.05) is 11.1 Å². The maximum atomic E-state index is 5.71. The summed E-state index contributed by atoms with van der Waals surface area (Å²) >= 11 is 0. The number of rotatable bonds is 5. The molecule has 0 aliphatic heterocycles. The molecule has 0 bridgehead atoms. The van der Waals surface area contributed by atoms with E-state index in [1.165, 1.54) is 10.9 Å². The van der Waals surface area contributed by atoms with Gasteiger partial charge in [0.05, 0.1) is 18.3 Å². The third kappa shape index (κ3) is 3.50. The molecule has 0 radical (unpaired) electrons. The fourth-order valence-electron chi connectivity index (χ4n) is 1.77. The van der Waals surface area contributed by atoms with Crippen molar-refractivity contribution in [3.63, 3.8) is 0 Å². The Morgan fingerprint density at radius 3 is 2.78 bits per heavy atom. The van der Waals surface area contributed by atoms with E-state index < -0.39 is 10.0 Å². The van der Waals surface area contributed by atoms with Crippen LogP contribution in [0.1, 0.15) is 5.56 Å². The van der Waals surface area contributed by atoms with Crippen LogP contribution in [0.3, 0.4) is 0 Å². The number of ether oxygens (including phenoxy) is 1. The van der Waals surface area contributed by atoms with Gasteiger partial charge >= 0.3 is 0 Å². The molecule has 2 rings (SSSR count). The first-order valence-corrected chi connectivity index (χ1v) is 9.14. The van der Waals surface area contributed by atoms with Crippen LogP contribution in [0.5, 0.6) is 0 Å². The molecular weight excluding hydrogens is 244 g/mol. The molecular formula is C14H22N2OS. The maximum absolute atomic E-state index is 5.71. The highest BCUT2D eigenvalue weighted by atomic mass is 32.3. The second-order valence-corrected chi connectivity index (χ2v) is 10.1. The lowest BCUT2D eigenvalue weighted by atomic mass is 10.2. The molecule has 0 saturated heterocycles. The van der Waals surface area contributed by atoms with Crippen molar-refractivity contribution in [1.82, 2.24) is 9.78 Å². The van der Waals surface area contributed by atoms with Crippen LogP contribution in [0.2, 0.25) is 0 Å². The summed E-state index contributed by atoms with van der Waals surface area (Å²) < 4.78 is 7.64. The molecule has 0 fully saturated rings. The molecule has 0 saturated carbocycles. The molecule has 0 aliphatic carbocycles. The van der Waals surface area contributed by atoms with Crippen LogP contribution in [0, 0.1) is 6.92 Å². The summed E-state index contributed by atoms with van der Waals surface area (Å²) in [6.45, 7) is 3.45. The van der Waals surface area contributed by atoms with Gasteiger partial charge in [-0.15, -0.1) is 0 Å². The van der Waals surface area contributed by atoms with E-state index >= 15 is 0 Å². The van der Waals surface area contributed by atoms with E-state index in [0.29, 0.717) is 6.73 Å². The van der Waals surface area contributed by atoms with E-state index in [9.17, 15) is 0 Å². The smallest absolute Gasteiger partial charge is 0.140 e. The van der Waals surface area contributed by atoms with Gasteiger partial charge in [0.25, 0.3) is 0 Å². The fourth-order valence-corrected chi connectivity index (χ4v) is 2.39. The third-order valence-electron chi connectivity index (χ3n) is 2.85. The van der Waals surface area contributed by atoms with Crippen LogP contribution in [-0.4, -0.2) is 40.9 Å². The predicted octanol–water partition coefficient (Wildman–Crippen LogP) is 3.01. The van der Waals surface area contributed by atoms with Gasteiger partial charge in [-0.3, -0.25) is 0 Å². The Hall–Kier alpha value is -1.00. The Bertz CT molecular complexity index is 528. The second kappa shape index (κ2) is 5.33. The second-order valence-electron chi connectivity index (χ2n) is 5.54. The van der Waals surface area contributed by atoms with Gasteiger partial charge in [0.1, 0.15) is 6.73 Å². The SMILES string of the molecule is Cc1ccc2c(cnn2COCCS(C)(C)C)c1. The van der Waals surface area contributed by atoms with Crippen molar-refractivity contribution in [3.8, 4) is 0 Å². The molecule has 1 aromatic heterocycles. The number of nitrogens with zero attached hydrogens (tertiary/aromatic N) is 2. The lowest BCUT2D eigenvalue weighted by molar-refractivity contribution is 0.0841. The van der Waals surface area contributed by atoms with E-state index in [2.05, 4.69) is 49.0 Å². The molecule has 0 spiro atoms. The molecule has 0 unspecified atom stereocenters. The van der Waals surface area contributed by atoms with Crippen LogP contribution < -0.4 is 0 Å². The van der Waals surface area contributed by atoms with E-state index in [-0.39, 0.29) is 0 Å². The monoisotopic (exact) mass is 266 g/mol. The molecule has 0 atom stereocenters. The Labute approximate surface area is 110 Å². The zero-order chi connectivity index (χ0) is 13.2. The highest BCUT2D eigenvalue weighted by Gasteiger charge is 2.05. The Morgan fingerprint density at radius 2 is 2.06 bits per heavy atom. The first-order valence-electron chi connectivity index (χ1n) is 6.12. The highest BCUT2D eigenvalue weighted by molar-refractivity contribution is 8.32. The molecule has 0 aliphatic rings. The molecule has 4 heteroatoms. The molecule has 18 heavy (non-hydrogen) atoms. The first kappa shape index (κ1) is 13.4. The van der Waals surface area contributed by atoms with Crippen molar-refractivity contribution in [1.29, 1.82) is 0 Å². The predicted molar refractivity (Wildman–Crippen MR) is 80.7 cm³/mol. The van der Waals surface area contributed by atoms with Crippen LogP contribution in [0.4, 0.5) is 0 Å². The summed E-state index contributed by atoms with van der Waals surface area (Å²) in [5.41, 5.74) is 2.41. The van der Waals surface area contributed by atoms with E-state index in [1.54, 1.807) is 0 Å². The quantitative estimate of drug-likeness (QED) is 0.778. The minimum atomic E-state index is -0.468. The standard InChI is InChI=1S/C14H22N2OS/c1-12-5-6-14-13(9-12)10-15-16(14)11-17-7-8-18(2,3)4/h5-6,9-10H,7-8,11H2,1-4H3. The molecule has 1 heterocycles. The number of benzene rings is 1. The number of hydrogen-bond donors (Lipinski definition) is 0. The maximum Gasteiger partial charge on any atom is 0.140 e. The molecule has 1 aromatic carbocycles. The topological polar surface area (TPSA) is 27.1 Å². The van der Waals surface area contributed by atoms with Gasteiger partial charge in [-0.25, -0.2) is 14.7 Å². The normalized spacial score (nSPS) is 13.1. The lowest BCUT2D eigenvalue weighted by Crippen LogP contribution is -2.10. The zero-order valence-electron chi connectivity index (χ0n) is 11.6. The van der Waals surface area contributed by atoms with Crippen molar-refractivity contribution >= 4 is 20.9 Å². The average molecular weight is 266 g/mol. The van der Waals surface area contributed by atoms with Crippen molar-refractivity contribution < 1.29 is 4.74 Å². The van der Waals surface area contributed by atoms with Crippen molar-refractivity contribution in [2.75, 3.05) is 31.1 Å². The molecule has 100 valence electrons. The van der Waals surface area contributed by atoms with E-state index in [1.807, 2.05) is 10.9 Å². The number of fused-ring (bicyclic) bond motifs is 1. The highest BCUT2D eigenvalue weighted by Crippen LogP contribution is 2.33. The van der Waals surface area contributed by atoms with Gasteiger partial charge in [0.2, 0.25) is 0 Å². The van der Waals surface area contributed by atoms with Gasteiger partial charge in [0.15, 0.2) is 0 Å². The number of aromatic nitrogens is 2. The molecule has 0 N–H and O–H groups in total. The third-order valence-corrected chi connectivity index (χ3v) is 4.24. The first-order chi connectivity index (χ1) is 8.46. The molecule has 0 amide bonds. The summed E-state index contributed by atoms with van der Waals surface area (Å²) in [5.74, 6) is 1.14. The van der Waals surface area contributed by atoms with Crippen LogP contribution in [0.15, 0.2) is 24.4 Å².